The van der Waals surface area contributed by atoms with Crippen molar-refractivity contribution in [1.82, 2.24) is 4.90 Å². The van der Waals surface area contributed by atoms with Crippen molar-refractivity contribution in [3.63, 3.8) is 0 Å². The minimum absolute atomic E-state index is 0.117. The van der Waals surface area contributed by atoms with Crippen molar-refractivity contribution in [3.05, 3.63) is 35.1 Å². The van der Waals surface area contributed by atoms with Gasteiger partial charge in [-0.2, -0.15) is 13.2 Å². The molecule has 0 aliphatic rings. The number of nitrogens with zero attached hydrogens (tertiary/aromatic N) is 1. The molecule has 3 nitrogen and oxygen atoms in total. The molecule has 21 heavy (non-hydrogen) atoms. The average Bonchev–Trinajstić information content (AvgIpc) is 2.37. The van der Waals surface area contributed by atoms with Gasteiger partial charge in [-0.15, -0.1) is 0 Å². The lowest BCUT2D eigenvalue weighted by molar-refractivity contribution is -0.148. The predicted octanol–water partition coefficient (Wildman–Crippen LogP) is 1.49. The summed E-state index contributed by atoms with van der Waals surface area (Å²) in [6, 6.07) is 4.06. The Kier molecular flexibility index (Phi) is 6.62. The molecule has 0 unspecified atom stereocenters. The van der Waals surface area contributed by atoms with Crippen LogP contribution in [-0.4, -0.2) is 42.4 Å². The van der Waals surface area contributed by atoms with Crippen LogP contribution in [0.5, 0.6) is 0 Å². The van der Waals surface area contributed by atoms with Gasteiger partial charge >= 0.3 is 6.18 Å². The van der Waals surface area contributed by atoms with E-state index in [-0.39, 0.29) is 25.2 Å². The van der Waals surface area contributed by atoms with Gasteiger partial charge in [0.2, 0.25) is 0 Å². The molecule has 3 N–H and O–H groups in total. The number of benzene rings is 1. The minimum atomic E-state index is -4.40. The zero-order valence-corrected chi connectivity index (χ0v) is 11.3. The molecule has 1 rings (SSSR count). The van der Waals surface area contributed by atoms with E-state index in [1.165, 1.54) is 12.1 Å². The van der Waals surface area contributed by atoms with E-state index in [0.717, 1.165) is 11.0 Å². The number of halogens is 4. The fourth-order valence-corrected chi connectivity index (χ4v) is 1.76. The summed E-state index contributed by atoms with van der Waals surface area (Å²) in [4.78, 5) is 0.934. The normalized spacial score (nSPS) is 11.4. The summed E-state index contributed by atoms with van der Waals surface area (Å²) in [5.74, 6) is 4.57. The third-order valence-corrected chi connectivity index (χ3v) is 2.60. The maximum absolute atomic E-state index is 13.8. The molecule has 0 saturated heterocycles. The number of alkyl halides is 3. The van der Waals surface area contributed by atoms with E-state index < -0.39 is 25.1 Å². The molecule has 0 saturated carbocycles. The number of aliphatic hydroxyl groups is 1. The lowest BCUT2D eigenvalue weighted by atomic mass is 10.1. The number of hydrogen-bond acceptors (Lipinski definition) is 3. The van der Waals surface area contributed by atoms with Gasteiger partial charge in [-0.3, -0.25) is 4.90 Å². The van der Waals surface area contributed by atoms with E-state index in [2.05, 4.69) is 11.8 Å². The monoisotopic (exact) mass is 304 g/mol. The summed E-state index contributed by atoms with van der Waals surface area (Å²) in [5, 5.41) is 8.79. The fraction of sp³-hybridized carbons (Fsp3) is 0.429. The van der Waals surface area contributed by atoms with E-state index in [9.17, 15) is 17.6 Å². The van der Waals surface area contributed by atoms with Gasteiger partial charge in [-0.1, -0.05) is 17.9 Å². The van der Waals surface area contributed by atoms with Crippen LogP contribution in [0.2, 0.25) is 0 Å². The van der Waals surface area contributed by atoms with Crippen molar-refractivity contribution in [2.45, 2.75) is 12.7 Å². The summed E-state index contributed by atoms with van der Waals surface area (Å²) in [7, 11) is 0. The zero-order valence-electron chi connectivity index (χ0n) is 11.3. The summed E-state index contributed by atoms with van der Waals surface area (Å²) in [6.07, 6.45) is -4.40. The van der Waals surface area contributed by atoms with Crippen molar-refractivity contribution in [1.29, 1.82) is 0 Å². The molecule has 0 bridgehead atoms. The van der Waals surface area contributed by atoms with Gasteiger partial charge in [0.1, 0.15) is 5.82 Å². The predicted molar refractivity (Wildman–Crippen MR) is 70.8 cm³/mol. The molecule has 0 radical (unpaired) electrons. The standard InChI is InChI=1S/C14H16F4N2O/c15-13-8-11(2-1-5-19)3-4-12(13)9-20(6-7-21)10-14(16,17)18/h3-4,8,21H,5-7,9-10,19H2. The first-order valence-corrected chi connectivity index (χ1v) is 6.23. The number of hydrogen-bond donors (Lipinski definition) is 2. The van der Waals surface area contributed by atoms with Gasteiger partial charge in [0.05, 0.1) is 19.7 Å². The molecule has 0 fully saturated rings. The molecule has 1 aromatic rings. The Morgan fingerprint density at radius 3 is 2.52 bits per heavy atom. The van der Waals surface area contributed by atoms with E-state index >= 15 is 0 Å². The van der Waals surface area contributed by atoms with Crippen LogP contribution in [0.4, 0.5) is 17.6 Å². The highest BCUT2D eigenvalue weighted by molar-refractivity contribution is 5.37. The molecule has 0 aliphatic heterocycles. The number of rotatable bonds is 5. The Balaban J connectivity index is 2.84. The topological polar surface area (TPSA) is 49.5 Å². The average molecular weight is 304 g/mol. The first-order valence-electron chi connectivity index (χ1n) is 6.23. The van der Waals surface area contributed by atoms with Crippen LogP contribution >= 0.6 is 0 Å². The Hall–Kier alpha value is -1.62. The summed E-state index contributed by atoms with van der Waals surface area (Å²) < 4.78 is 51.0. The molecule has 116 valence electrons. The Morgan fingerprint density at radius 2 is 2.00 bits per heavy atom. The third-order valence-electron chi connectivity index (χ3n) is 2.60. The Bertz CT molecular complexity index is 520. The molecule has 7 heteroatoms. The Morgan fingerprint density at radius 1 is 1.29 bits per heavy atom. The van der Waals surface area contributed by atoms with Crippen LogP contribution in [-0.2, 0) is 6.54 Å². The van der Waals surface area contributed by atoms with Crippen LogP contribution < -0.4 is 5.73 Å². The highest BCUT2D eigenvalue weighted by Gasteiger charge is 2.30. The lowest BCUT2D eigenvalue weighted by Crippen LogP contribution is -2.36. The number of aliphatic hydroxyl groups excluding tert-OH is 1. The second-order valence-electron chi connectivity index (χ2n) is 4.36. The van der Waals surface area contributed by atoms with Crippen molar-refractivity contribution in [3.8, 4) is 11.8 Å². The van der Waals surface area contributed by atoms with Crippen LogP contribution in [0.15, 0.2) is 18.2 Å². The Labute approximate surface area is 120 Å². The molecule has 0 aliphatic carbocycles. The quantitative estimate of drug-likeness (QED) is 0.640. The molecule has 0 amide bonds. The summed E-state index contributed by atoms with van der Waals surface area (Å²) >= 11 is 0. The second kappa shape index (κ2) is 7.98. The van der Waals surface area contributed by atoms with Crippen LogP contribution in [0, 0.1) is 17.7 Å². The molecule has 0 spiro atoms. The minimum Gasteiger partial charge on any atom is -0.395 e. The van der Waals surface area contributed by atoms with E-state index in [0.29, 0.717) is 5.56 Å². The van der Waals surface area contributed by atoms with Crippen molar-refractivity contribution >= 4 is 0 Å². The third kappa shape index (κ3) is 6.58. The molecule has 1 aromatic carbocycles. The molecule has 0 aromatic heterocycles. The second-order valence-corrected chi connectivity index (χ2v) is 4.36. The summed E-state index contributed by atoms with van der Waals surface area (Å²) in [5.41, 5.74) is 5.72. The van der Waals surface area contributed by atoms with Gasteiger partial charge < -0.3 is 10.8 Å². The summed E-state index contributed by atoms with van der Waals surface area (Å²) in [6.45, 7) is -1.93. The van der Waals surface area contributed by atoms with Gasteiger partial charge in [0.15, 0.2) is 0 Å². The smallest absolute Gasteiger partial charge is 0.395 e. The fourth-order valence-electron chi connectivity index (χ4n) is 1.76. The van der Waals surface area contributed by atoms with E-state index in [1.54, 1.807) is 0 Å². The first kappa shape index (κ1) is 17.4. The van der Waals surface area contributed by atoms with Gasteiger partial charge in [-0.25, -0.2) is 4.39 Å². The molecular weight excluding hydrogens is 288 g/mol. The van der Waals surface area contributed by atoms with Gasteiger partial charge in [0.25, 0.3) is 0 Å². The van der Waals surface area contributed by atoms with Crippen LogP contribution in [0.25, 0.3) is 0 Å². The first-order chi connectivity index (χ1) is 9.85. The maximum atomic E-state index is 13.8. The van der Waals surface area contributed by atoms with Crippen LogP contribution in [0.3, 0.4) is 0 Å². The maximum Gasteiger partial charge on any atom is 0.401 e. The van der Waals surface area contributed by atoms with Gasteiger partial charge in [-0.05, 0) is 12.1 Å². The van der Waals surface area contributed by atoms with Crippen molar-refractivity contribution in [2.75, 3.05) is 26.2 Å². The molecule has 0 atom stereocenters. The largest absolute Gasteiger partial charge is 0.401 e. The van der Waals surface area contributed by atoms with Gasteiger partial charge in [0, 0.05) is 24.2 Å². The van der Waals surface area contributed by atoms with E-state index in [4.69, 9.17) is 10.8 Å². The highest BCUT2D eigenvalue weighted by Crippen LogP contribution is 2.19. The SMILES string of the molecule is NCC#Cc1ccc(CN(CCO)CC(F)(F)F)c(F)c1. The van der Waals surface area contributed by atoms with Crippen molar-refractivity contribution in [2.24, 2.45) is 5.73 Å². The lowest BCUT2D eigenvalue weighted by Gasteiger charge is -2.23. The molecule has 0 heterocycles. The molecular formula is C14H16F4N2O. The number of nitrogens with two attached hydrogens (primary N) is 1. The van der Waals surface area contributed by atoms with Crippen molar-refractivity contribution < 1.29 is 22.7 Å². The highest BCUT2D eigenvalue weighted by atomic mass is 19.4. The van der Waals surface area contributed by atoms with E-state index in [1.807, 2.05) is 0 Å². The van der Waals surface area contributed by atoms with Crippen LogP contribution in [0.1, 0.15) is 11.1 Å². The zero-order chi connectivity index (χ0) is 15.9.